The predicted molar refractivity (Wildman–Crippen MR) is 100 cm³/mol. The molecule has 0 radical (unpaired) electrons. The van der Waals surface area contributed by atoms with Crippen LogP contribution < -0.4 is 5.32 Å². The third kappa shape index (κ3) is 4.30. The Bertz CT molecular complexity index is 657. The van der Waals surface area contributed by atoms with Gasteiger partial charge in [-0.25, -0.2) is 0 Å². The molecule has 1 aromatic carbocycles. The van der Waals surface area contributed by atoms with Gasteiger partial charge < -0.3 is 5.32 Å². The number of nitrogens with one attached hydrogen (secondary N) is 1. The van der Waals surface area contributed by atoms with Crippen molar-refractivity contribution in [3.63, 3.8) is 0 Å². The summed E-state index contributed by atoms with van der Waals surface area (Å²) in [6.45, 7) is 11.4. The van der Waals surface area contributed by atoms with E-state index >= 15 is 0 Å². The lowest BCUT2D eigenvalue weighted by atomic mass is 10.0. The van der Waals surface area contributed by atoms with E-state index in [2.05, 4.69) is 44.0 Å². The van der Waals surface area contributed by atoms with Gasteiger partial charge in [0.25, 0.3) is 5.91 Å². The van der Waals surface area contributed by atoms with Crippen molar-refractivity contribution in [2.45, 2.75) is 45.5 Å². The normalized spacial score (nSPS) is 13.0. The van der Waals surface area contributed by atoms with Crippen molar-refractivity contribution in [2.24, 2.45) is 0 Å². The first-order valence-electron chi connectivity index (χ1n) is 7.72. The Morgan fingerprint density at radius 2 is 1.91 bits per heavy atom. The molecule has 2 aromatic rings. The fourth-order valence-corrected chi connectivity index (χ4v) is 5.73. The van der Waals surface area contributed by atoms with Gasteiger partial charge in [0.1, 0.15) is 0 Å². The highest BCUT2D eigenvalue weighted by Gasteiger charge is 2.21. The fraction of sp³-hybridized carbons (Fsp3) is 0.389. The number of anilines is 1. The summed E-state index contributed by atoms with van der Waals surface area (Å²) in [5.74, 6) is 0.466. The zero-order valence-electron chi connectivity index (χ0n) is 14.1. The van der Waals surface area contributed by atoms with Gasteiger partial charge in [0, 0.05) is 13.8 Å². The van der Waals surface area contributed by atoms with Crippen molar-refractivity contribution < 1.29 is 4.79 Å². The Labute approximate surface area is 138 Å². The molecule has 1 amide bonds. The SMILES string of the molecule is Cc1ccsc1C(=O)Nc1ccccc1C(C)C[Si](C)(C)C. The summed E-state index contributed by atoms with van der Waals surface area (Å²) in [5, 5.41) is 5.07. The lowest BCUT2D eigenvalue weighted by molar-refractivity contribution is 0.103. The van der Waals surface area contributed by atoms with Crippen LogP contribution in [-0.2, 0) is 0 Å². The minimum atomic E-state index is -1.14. The molecular weight excluding hydrogens is 306 g/mol. The van der Waals surface area contributed by atoms with Crippen LogP contribution in [0.3, 0.4) is 0 Å². The summed E-state index contributed by atoms with van der Waals surface area (Å²) in [6, 6.07) is 11.4. The first-order chi connectivity index (χ1) is 10.3. The zero-order chi connectivity index (χ0) is 16.3. The molecule has 1 N–H and O–H groups in total. The molecule has 0 saturated carbocycles. The molecule has 1 atom stereocenters. The van der Waals surface area contributed by atoms with Crippen LogP contribution in [0, 0.1) is 6.92 Å². The van der Waals surface area contributed by atoms with Gasteiger partial charge in [-0.1, -0.05) is 50.8 Å². The molecule has 0 aliphatic heterocycles. The summed E-state index contributed by atoms with van der Waals surface area (Å²) in [4.78, 5) is 13.3. The van der Waals surface area contributed by atoms with Gasteiger partial charge in [0.15, 0.2) is 0 Å². The molecule has 0 aliphatic carbocycles. The van der Waals surface area contributed by atoms with Gasteiger partial charge in [-0.2, -0.15) is 0 Å². The molecule has 2 rings (SSSR count). The summed E-state index contributed by atoms with van der Waals surface area (Å²) in [6.07, 6.45) is 0. The molecule has 22 heavy (non-hydrogen) atoms. The molecule has 1 heterocycles. The first kappa shape index (κ1) is 17.0. The number of thiophene rings is 1. The van der Waals surface area contributed by atoms with Gasteiger partial charge in [0.05, 0.1) is 4.88 Å². The molecule has 1 aromatic heterocycles. The van der Waals surface area contributed by atoms with Crippen LogP contribution in [0.4, 0.5) is 5.69 Å². The van der Waals surface area contributed by atoms with Crippen molar-refractivity contribution in [1.29, 1.82) is 0 Å². The molecule has 118 valence electrons. The van der Waals surface area contributed by atoms with Crippen molar-refractivity contribution in [3.8, 4) is 0 Å². The van der Waals surface area contributed by atoms with Gasteiger partial charge in [0.2, 0.25) is 0 Å². The molecular formula is C18H25NOSSi. The maximum atomic E-state index is 12.5. The van der Waals surface area contributed by atoms with E-state index in [0.717, 1.165) is 16.1 Å². The Morgan fingerprint density at radius 1 is 1.23 bits per heavy atom. The van der Waals surface area contributed by atoms with Crippen LogP contribution in [0.5, 0.6) is 0 Å². The van der Waals surface area contributed by atoms with Crippen LogP contribution in [-0.4, -0.2) is 14.0 Å². The van der Waals surface area contributed by atoms with E-state index in [4.69, 9.17) is 0 Å². The quantitative estimate of drug-likeness (QED) is 0.694. The molecule has 2 nitrogen and oxygen atoms in total. The highest BCUT2D eigenvalue weighted by Crippen LogP contribution is 2.31. The molecule has 0 bridgehead atoms. The van der Waals surface area contributed by atoms with Gasteiger partial charge >= 0.3 is 0 Å². The number of hydrogen-bond donors (Lipinski definition) is 1. The van der Waals surface area contributed by atoms with Gasteiger partial charge in [-0.15, -0.1) is 11.3 Å². The fourth-order valence-electron chi connectivity index (χ4n) is 2.85. The Hall–Kier alpha value is -1.39. The molecule has 1 unspecified atom stereocenters. The number of hydrogen-bond acceptors (Lipinski definition) is 2. The van der Waals surface area contributed by atoms with Crippen molar-refractivity contribution in [1.82, 2.24) is 0 Å². The number of amides is 1. The van der Waals surface area contributed by atoms with Crippen molar-refractivity contribution in [2.75, 3.05) is 5.32 Å². The van der Waals surface area contributed by atoms with E-state index in [1.165, 1.54) is 22.9 Å². The Balaban J connectivity index is 2.22. The average molecular weight is 332 g/mol. The van der Waals surface area contributed by atoms with E-state index in [1.54, 1.807) is 0 Å². The highest BCUT2D eigenvalue weighted by atomic mass is 32.1. The summed E-state index contributed by atoms with van der Waals surface area (Å²) in [5.41, 5.74) is 3.23. The highest BCUT2D eigenvalue weighted by molar-refractivity contribution is 7.12. The number of carbonyl (C=O) groups excluding carboxylic acids is 1. The summed E-state index contributed by atoms with van der Waals surface area (Å²) < 4.78 is 0. The Kier molecular flexibility index (Phi) is 5.24. The van der Waals surface area contributed by atoms with Crippen LogP contribution in [0.15, 0.2) is 35.7 Å². The van der Waals surface area contributed by atoms with Crippen LogP contribution in [0.2, 0.25) is 25.7 Å². The molecule has 0 saturated heterocycles. The topological polar surface area (TPSA) is 29.1 Å². The van der Waals surface area contributed by atoms with Crippen molar-refractivity contribution >= 4 is 31.0 Å². The monoisotopic (exact) mass is 331 g/mol. The zero-order valence-corrected chi connectivity index (χ0v) is 15.9. The maximum absolute atomic E-state index is 12.5. The Morgan fingerprint density at radius 3 is 2.50 bits per heavy atom. The minimum Gasteiger partial charge on any atom is -0.321 e. The third-order valence-corrected chi connectivity index (χ3v) is 6.58. The predicted octanol–water partition coefficient (Wildman–Crippen LogP) is 5.75. The first-order valence-corrected chi connectivity index (χ1v) is 12.3. The maximum Gasteiger partial charge on any atom is 0.266 e. The van der Waals surface area contributed by atoms with E-state index in [1.807, 2.05) is 30.5 Å². The number of rotatable bonds is 5. The minimum absolute atomic E-state index is 0.000142. The standard InChI is InChI=1S/C18H25NOSSi/c1-13-10-11-21-17(13)18(20)19-16-9-7-6-8-15(16)14(2)12-22(3,4)5/h6-11,14H,12H2,1-5H3,(H,19,20). The number of benzene rings is 1. The summed E-state index contributed by atoms with van der Waals surface area (Å²) in [7, 11) is -1.14. The lowest BCUT2D eigenvalue weighted by Gasteiger charge is -2.23. The smallest absolute Gasteiger partial charge is 0.266 e. The molecule has 0 spiro atoms. The molecule has 4 heteroatoms. The molecule has 0 fully saturated rings. The lowest BCUT2D eigenvalue weighted by Crippen LogP contribution is -2.22. The summed E-state index contributed by atoms with van der Waals surface area (Å²) >= 11 is 1.50. The van der Waals surface area contributed by atoms with Crippen LogP contribution in [0.25, 0.3) is 0 Å². The number of para-hydroxylation sites is 1. The van der Waals surface area contributed by atoms with Gasteiger partial charge in [-0.3, -0.25) is 4.79 Å². The largest absolute Gasteiger partial charge is 0.321 e. The van der Waals surface area contributed by atoms with Crippen LogP contribution >= 0.6 is 11.3 Å². The molecule has 0 aliphatic rings. The third-order valence-electron chi connectivity index (χ3n) is 3.73. The van der Waals surface area contributed by atoms with Crippen molar-refractivity contribution in [3.05, 3.63) is 51.7 Å². The van der Waals surface area contributed by atoms with E-state index in [-0.39, 0.29) is 5.91 Å². The average Bonchev–Trinajstić information content (AvgIpc) is 2.83. The second-order valence-corrected chi connectivity index (χ2v) is 13.6. The second kappa shape index (κ2) is 6.80. The van der Waals surface area contributed by atoms with E-state index < -0.39 is 8.07 Å². The van der Waals surface area contributed by atoms with Gasteiger partial charge in [-0.05, 0) is 41.5 Å². The van der Waals surface area contributed by atoms with E-state index in [9.17, 15) is 4.79 Å². The second-order valence-electron chi connectivity index (χ2n) is 7.14. The van der Waals surface area contributed by atoms with Crippen LogP contribution in [0.1, 0.15) is 33.6 Å². The number of carbonyl (C=O) groups is 1. The van der Waals surface area contributed by atoms with E-state index in [0.29, 0.717) is 5.92 Å². The number of aryl methyl sites for hydroxylation is 1.